The largest absolute Gasteiger partial charge is 0.507 e. The number of non-ortho nitro benzene ring substituents is 1. The summed E-state index contributed by atoms with van der Waals surface area (Å²) in [6.07, 6.45) is 0. The third-order valence-corrected chi connectivity index (χ3v) is 5.49. The average Bonchev–Trinajstić information content (AvgIpc) is 3.04. The number of amides is 1. The second-order valence-electron chi connectivity index (χ2n) is 6.86. The van der Waals surface area contributed by atoms with Crippen molar-refractivity contribution < 1.29 is 19.6 Å². The van der Waals surface area contributed by atoms with Crippen LogP contribution < -0.4 is 4.90 Å². The first-order valence-corrected chi connectivity index (χ1v) is 10.0. The van der Waals surface area contributed by atoms with Crippen LogP contribution in [0.25, 0.3) is 5.76 Å². The molecule has 0 unspecified atom stereocenters. The van der Waals surface area contributed by atoms with E-state index in [1.807, 2.05) is 0 Å². The van der Waals surface area contributed by atoms with Gasteiger partial charge in [0.15, 0.2) is 0 Å². The summed E-state index contributed by atoms with van der Waals surface area (Å²) in [6, 6.07) is 20.0. The lowest BCUT2D eigenvalue weighted by molar-refractivity contribution is -0.384. The number of hydrogen-bond donors (Lipinski definition) is 1. The molecule has 0 bridgehead atoms. The second kappa shape index (κ2) is 8.16. The Morgan fingerprint density at radius 3 is 2.26 bits per heavy atom. The molecule has 31 heavy (non-hydrogen) atoms. The number of nitrogens with zero attached hydrogens (tertiary/aromatic N) is 2. The van der Waals surface area contributed by atoms with Gasteiger partial charge in [-0.1, -0.05) is 52.3 Å². The number of halogens is 1. The quantitative estimate of drug-likeness (QED) is 0.187. The van der Waals surface area contributed by atoms with E-state index in [4.69, 9.17) is 0 Å². The van der Waals surface area contributed by atoms with E-state index in [2.05, 4.69) is 15.9 Å². The van der Waals surface area contributed by atoms with Crippen molar-refractivity contribution in [2.24, 2.45) is 0 Å². The smallest absolute Gasteiger partial charge is 0.300 e. The summed E-state index contributed by atoms with van der Waals surface area (Å²) < 4.78 is 0.706. The number of nitro benzene ring substituents is 1. The molecule has 1 saturated heterocycles. The molecule has 0 aromatic heterocycles. The molecule has 1 fully saturated rings. The van der Waals surface area contributed by atoms with Gasteiger partial charge in [-0.2, -0.15) is 0 Å². The predicted octanol–water partition coefficient (Wildman–Crippen LogP) is 4.98. The van der Waals surface area contributed by atoms with E-state index in [1.54, 1.807) is 54.6 Å². The van der Waals surface area contributed by atoms with Crippen LogP contribution in [0, 0.1) is 10.1 Å². The molecule has 3 aromatic rings. The van der Waals surface area contributed by atoms with Gasteiger partial charge in [0.25, 0.3) is 17.4 Å². The van der Waals surface area contributed by atoms with Gasteiger partial charge in [-0.15, -0.1) is 0 Å². The Morgan fingerprint density at radius 2 is 1.65 bits per heavy atom. The van der Waals surface area contributed by atoms with Crippen LogP contribution in [0.15, 0.2) is 88.9 Å². The van der Waals surface area contributed by atoms with E-state index in [9.17, 15) is 24.8 Å². The molecule has 1 N–H and O–H groups in total. The summed E-state index contributed by atoms with van der Waals surface area (Å²) in [4.78, 5) is 37.9. The van der Waals surface area contributed by atoms with E-state index < -0.39 is 22.7 Å². The van der Waals surface area contributed by atoms with Crippen molar-refractivity contribution in [1.29, 1.82) is 0 Å². The maximum atomic E-state index is 13.0. The first-order valence-electron chi connectivity index (χ1n) is 9.25. The summed E-state index contributed by atoms with van der Waals surface area (Å²) in [5.74, 6) is -1.93. The summed E-state index contributed by atoms with van der Waals surface area (Å²) in [5.41, 5.74) is 1.10. The minimum absolute atomic E-state index is 0.0787. The predicted molar refractivity (Wildman–Crippen MR) is 118 cm³/mol. The Labute approximate surface area is 185 Å². The minimum atomic E-state index is -0.949. The molecular weight excluding hydrogens is 464 g/mol. The zero-order valence-corrected chi connectivity index (χ0v) is 17.5. The Bertz CT molecular complexity index is 1220. The standard InChI is InChI=1S/C23H15BrN2O5/c24-16-7-4-8-18(13-16)25-20(14-9-11-17(12-10-14)26(30)31)19(22(28)23(25)29)21(27)15-5-2-1-3-6-15/h1-13,20,27H/t20-/m1/s1. The lowest BCUT2D eigenvalue weighted by Crippen LogP contribution is -2.29. The van der Waals surface area contributed by atoms with Crippen LogP contribution in [0.2, 0.25) is 0 Å². The molecule has 0 radical (unpaired) electrons. The zero-order chi connectivity index (χ0) is 22.1. The number of carbonyl (C=O) groups excluding carboxylic acids is 2. The molecule has 3 aromatic carbocycles. The van der Waals surface area contributed by atoms with Gasteiger partial charge in [-0.3, -0.25) is 24.6 Å². The van der Waals surface area contributed by atoms with Gasteiger partial charge >= 0.3 is 0 Å². The number of Topliss-reactive ketones (excluding diaryl/α,β-unsaturated/α-hetero) is 1. The van der Waals surface area contributed by atoms with Crippen LogP contribution >= 0.6 is 15.9 Å². The highest BCUT2D eigenvalue weighted by Crippen LogP contribution is 2.42. The van der Waals surface area contributed by atoms with Gasteiger partial charge in [0.2, 0.25) is 0 Å². The minimum Gasteiger partial charge on any atom is -0.507 e. The number of aliphatic hydroxyl groups is 1. The highest BCUT2D eigenvalue weighted by atomic mass is 79.9. The van der Waals surface area contributed by atoms with E-state index in [1.165, 1.54) is 29.2 Å². The van der Waals surface area contributed by atoms with Crippen LogP contribution in [0.4, 0.5) is 11.4 Å². The highest BCUT2D eigenvalue weighted by Gasteiger charge is 2.47. The molecule has 8 heteroatoms. The fourth-order valence-electron chi connectivity index (χ4n) is 3.57. The van der Waals surface area contributed by atoms with Crippen LogP contribution in [0.5, 0.6) is 0 Å². The van der Waals surface area contributed by atoms with Gasteiger partial charge in [0, 0.05) is 27.9 Å². The van der Waals surface area contributed by atoms with Gasteiger partial charge in [0.05, 0.1) is 16.5 Å². The van der Waals surface area contributed by atoms with Crippen molar-refractivity contribution in [3.8, 4) is 0 Å². The number of aliphatic hydroxyl groups excluding tert-OH is 1. The van der Waals surface area contributed by atoms with E-state index in [0.29, 0.717) is 21.3 Å². The van der Waals surface area contributed by atoms with E-state index >= 15 is 0 Å². The number of anilines is 1. The fourth-order valence-corrected chi connectivity index (χ4v) is 3.96. The monoisotopic (exact) mass is 478 g/mol. The van der Waals surface area contributed by atoms with Gasteiger partial charge < -0.3 is 5.11 Å². The maximum absolute atomic E-state index is 13.0. The van der Waals surface area contributed by atoms with Gasteiger partial charge in [-0.25, -0.2) is 0 Å². The molecule has 1 atom stereocenters. The number of benzene rings is 3. The Kier molecular flexibility index (Phi) is 5.39. The Hall–Kier alpha value is -3.78. The number of ketones is 1. The molecule has 1 aliphatic heterocycles. The first kappa shape index (κ1) is 20.5. The molecular formula is C23H15BrN2O5. The van der Waals surface area contributed by atoms with Crippen molar-refractivity contribution >= 4 is 44.8 Å². The molecule has 154 valence electrons. The molecule has 0 saturated carbocycles. The second-order valence-corrected chi connectivity index (χ2v) is 7.78. The number of rotatable bonds is 4. The summed E-state index contributed by atoms with van der Waals surface area (Å²) in [6.45, 7) is 0. The molecule has 1 heterocycles. The summed E-state index contributed by atoms with van der Waals surface area (Å²) in [5, 5.41) is 22.0. The SMILES string of the molecule is O=C1C(=O)N(c2cccc(Br)c2)[C@H](c2ccc([N+](=O)[O-])cc2)C1=C(O)c1ccccc1. The molecule has 7 nitrogen and oxygen atoms in total. The Balaban J connectivity index is 1.94. The molecule has 0 aliphatic carbocycles. The summed E-state index contributed by atoms with van der Waals surface area (Å²) >= 11 is 3.37. The van der Waals surface area contributed by atoms with Crippen LogP contribution in [-0.2, 0) is 9.59 Å². The zero-order valence-electron chi connectivity index (χ0n) is 15.9. The van der Waals surface area contributed by atoms with Crippen molar-refractivity contribution in [2.75, 3.05) is 4.90 Å². The van der Waals surface area contributed by atoms with Crippen molar-refractivity contribution in [1.82, 2.24) is 0 Å². The first-order chi connectivity index (χ1) is 14.9. The normalized spacial score (nSPS) is 17.7. The van der Waals surface area contributed by atoms with E-state index in [0.717, 1.165) is 0 Å². The fraction of sp³-hybridized carbons (Fsp3) is 0.0435. The topological polar surface area (TPSA) is 101 Å². The third-order valence-electron chi connectivity index (χ3n) is 5.00. The number of carbonyl (C=O) groups is 2. The lowest BCUT2D eigenvalue weighted by Gasteiger charge is -2.25. The molecule has 1 aliphatic rings. The molecule has 0 spiro atoms. The van der Waals surface area contributed by atoms with Crippen LogP contribution in [0.3, 0.4) is 0 Å². The maximum Gasteiger partial charge on any atom is 0.300 e. The van der Waals surface area contributed by atoms with Crippen molar-refractivity contribution in [3.63, 3.8) is 0 Å². The third kappa shape index (κ3) is 3.73. The molecule has 4 rings (SSSR count). The number of nitro groups is 1. The lowest BCUT2D eigenvalue weighted by atomic mass is 9.95. The average molecular weight is 479 g/mol. The van der Waals surface area contributed by atoms with Crippen molar-refractivity contribution in [3.05, 3.63) is 110 Å². The Morgan fingerprint density at radius 1 is 0.968 bits per heavy atom. The van der Waals surface area contributed by atoms with E-state index in [-0.39, 0.29) is 17.0 Å². The number of hydrogen-bond acceptors (Lipinski definition) is 5. The molecule has 1 amide bonds. The van der Waals surface area contributed by atoms with Crippen molar-refractivity contribution in [2.45, 2.75) is 6.04 Å². The summed E-state index contributed by atoms with van der Waals surface area (Å²) in [7, 11) is 0. The van der Waals surface area contributed by atoms with Crippen LogP contribution in [-0.4, -0.2) is 21.7 Å². The van der Waals surface area contributed by atoms with Gasteiger partial charge in [0.1, 0.15) is 5.76 Å². The van der Waals surface area contributed by atoms with Crippen LogP contribution in [0.1, 0.15) is 17.2 Å². The highest BCUT2D eigenvalue weighted by molar-refractivity contribution is 9.10. The van der Waals surface area contributed by atoms with Gasteiger partial charge in [-0.05, 0) is 35.9 Å².